The zero-order chi connectivity index (χ0) is 11.7. The van der Waals surface area contributed by atoms with E-state index in [-0.39, 0.29) is 5.76 Å². The van der Waals surface area contributed by atoms with Crippen LogP contribution >= 0.6 is 31.9 Å². The first-order valence-corrected chi connectivity index (χ1v) is 5.94. The van der Waals surface area contributed by atoms with Gasteiger partial charge in [-0.1, -0.05) is 31.9 Å². The number of carboxylic acid groups (broad SMARTS) is 1. The fourth-order valence-corrected chi connectivity index (χ4v) is 2.60. The number of carboxylic acids is 1. The van der Waals surface area contributed by atoms with E-state index in [1.54, 1.807) is 6.07 Å². The zero-order valence-corrected chi connectivity index (χ0v) is 11.1. The lowest BCUT2D eigenvalue weighted by Gasteiger charge is -1.99. The average molecular weight is 346 g/mol. The minimum Gasteiger partial charge on any atom is -0.475 e. The molecule has 0 saturated heterocycles. The Balaban J connectivity index is 2.46. The van der Waals surface area contributed by atoms with E-state index < -0.39 is 5.97 Å². The predicted molar refractivity (Wildman–Crippen MR) is 66.5 cm³/mol. The minimum absolute atomic E-state index is 0.0638. The summed E-state index contributed by atoms with van der Waals surface area (Å²) in [6.07, 6.45) is 0. The molecule has 0 saturated carbocycles. The average Bonchev–Trinajstić information content (AvgIpc) is 2.64. The van der Waals surface area contributed by atoms with Crippen molar-refractivity contribution in [1.82, 2.24) is 0 Å². The first kappa shape index (κ1) is 11.4. The van der Waals surface area contributed by atoms with Crippen molar-refractivity contribution in [3.8, 4) is 11.3 Å². The van der Waals surface area contributed by atoms with Crippen LogP contribution in [-0.4, -0.2) is 11.1 Å². The van der Waals surface area contributed by atoms with Gasteiger partial charge in [-0.25, -0.2) is 4.79 Å². The minimum atomic E-state index is -1.07. The van der Waals surface area contributed by atoms with Gasteiger partial charge < -0.3 is 9.52 Å². The van der Waals surface area contributed by atoms with Gasteiger partial charge in [-0.05, 0) is 30.3 Å². The van der Waals surface area contributed by atoms with E-state index in [9.17, 15) is 4.79 Å². The van der Waals surface area contributed by atoms with Crippen molar-refractivity contribution in [3.63, 3.8) is 0 Å². The Labute approximate surface area is 108 Å². The highest BCUT2D eigenvalue weighted by Crippen LogP contribution is 2.28. The smallest absolute Gasteiger partial charge is 0.371 e. The van der Waals surface area contributed by atoms with Gasteiger partial charge in [-0.3, -0.25) is 0 Å². The van der Waals surface area contributed by atoms with E-state index in [4.69, 9.17) is 9.52 Å². The Morgan fingerprint density at radius 3 is 2.25 bits per heavy atom. The number of aromatic carboxylic acids is 1. The van der Waals surface area contributed by atoms with Crippen molar-refractivity contribution in [1.29, 1.82) is 0 Å². The van der Waals surface area contributed by atoms with E-state index in [0.29, 0.717) is 5.76 Å². The van der Waals surface area contributed by atoms with Crippen molar-refractivity contribution in [3.05, 3.63) is 45.0 Å². The molecule has 0 bridgehead atoms. The van der Waals surface area contributed by atoms with Crippen LogP contribution in [0.5, 0.6) is 0 Å². The topological polar surface area (TPSA) is 50.4 Å². The molecule has 0 aliphatic rings. The van der Waals surface area contributed by atoms with Crippen LogP contribution in [0.4, 0.5) is 0 Å². The van der Waals surface area contributed by atoms with Crippen LogP contribution in [0.1, 0.15) is 10.6 Å². The molecule has 2 aromatic rings. The molecule has 1 heterocycles. The van der Waals surface area contributed by atoms with Gasteiger partial charge in [-0.2, -0.15) is 0 Å². The molecule has 0 amide bonds. The summed E-state index contributed by atoms with van der Waals surface area (Å²) in [7, 11) is 0. The molecule has 5 heteroatoms. The maximum absolute atomic E-state index is 10.7. The number of hydrogen-bond donors (Lipinski definition) is 1. The summed E-state index contributed by atoms with van der Waals surface area (Å²) in [6.45, 7) is 0. The lowest BCUT2D eigenvalue weighted by molar-refractivity contribution is 0.0663. The Bertz CT molecular complexity index is 526. The normalized spacial score (nSPS) is 10.4. The van der Waals surface area contributed by atoms with Gasteiger partial charge in [0, 0.05) is 14.5 Å². The lowest BCUT2D eigenvalue weighted by atomic mass is 10.2. The van der Waals surface area contributed by atoms with Crippen LogP contribution in [0.25, 0.3) is 11.3 Å². The maximum atomic E-state index is 10.7. The van der Waals surface area contributed by atoms with Crippen molar-refractivity contribution in [2.45, 2.75) is 0 Å². The second-order valence-corrected chi connectivity index (χ2v) is 4.96. The summed E-state index contributed by atoms with van der Waals surface area (Å²) < 4.78 is 6.99. The highest BCUT2D eigenvalue weighted by molar-refractivity contribution is 9.11. The summed E-state index contributed by atoms with van der Waals surface area (Å²) in [6, 6.07) is 8.68. The number of hydrogen-bond acceptors (Lipinski definition) is 2. The summed E-state index contributed by atoms with van der Waals surface area (Å²) in [5, 5.41) is 8.74. The molecule has 3 nitrogen and oxygen atoms in total. The molecule has 1 aromatic carbocycles. The van der Waals surface area contributed by atoms with Crippen molar-refractivity contribution < 1.29 is 14.3 Å². The van der Waals surface area contributed by atoms with Crippen LogP contribution < -0.4 is 0 Å². The van der Waals surface area contributed by atoms with Gasteiger partial charge in [-0.15, -0.1) is 0 Å². The fourth-order valence-electron chi connectivity index (χ4n) is 1.30. The van der Waals surface area contributed by atoms with Gasteiger partial charge in [0.15, 0.2) is 0 Å². The molecular formula is C11H6Br2O3. The molecule has 0 fully saturated rings. The molecule has 0 spiro atoms. The third kappa shape index (κ3) is 2.36. The van der Waals surface area contributed by atoms with Gasteiger partial charge in [0.2, 0.25) is 5.76 Å². The molecule has 0 aliphatic heterocycles. The zero-order valence-electron chi connectivity index (χ0n) is 7.91. The molecule has 0 atom stereocenters. The fraction of sp³-hybridized carbons (Fsp3) is 0. The Morgan fingerprint density at radius 2 is 1.75 bits per heavy atom. The largest absolute Gasteiger partial charge is 0.475 e. The number of halogens is 2. The summed E-state index contributed by atoms with van der Waals surface area (Å²) >= 11 is 6.72. The highest BCUT2D eigenvalue weighted by atomic mass is 79.9. The van der Waals surface area contributed by atoms with E-state index in [1.807, 2.05) is 18.2 Å². The molecule has 82 valence electrons. The standard InChI is InChI=1S/C11H6Br2O3/c12-7-3-6(4-8(13)5-7)9-1-2-10(16-9)11(14)15/h1-5H,(H,14,15). The number of furan rings is 1. The van der Waals surface area contributed by atoms with E-state index >= 15 is 0 Å². The van der Waals surface area contributed by atoms with E-state index in [0.717, 1.165) is 14.5 Å². The number of carbonyl (C=O) groups is 1. The Hall–Kier alpha value is -1.07. The van der Waals surface area contributed by atoms with Crippen LogP contribution in [-0.2, 0) is 0 Å². The molecule has 1 aromatic heterocycles. The van der Waals surface area contributed by atoms with Gasteiger partial charge in [0.25, 0.3) is 0 Å². The highest BCUT2D eigenvalue weighted by Gasteiger charge is 2.10. The van der Waals surface area contributed by atoms with Crippen LogP contribution in [0.15, 0.2) is 43.7 Å². The molecule has 0 unspecified atom stereocenters. The first-order valence-electron chi connectivity index (χ1n) is 4.36. The molecule has 0 radical (unpaired) electrons. The van der Waals surface area contributed by atoms with Crippen molar-refractivity contribution in [2.75, 3.05) is 0 Å². The maximum Gasteiger partial charge on any atom is 0.371 e. The van der Waals surface area contributed by atoms with Gasteiger partial charge >= 0.3 is 5.97 Å². The third-order valence-corrected chi connectivity index (χ3v) is 2.88. The monoisotopic (exact) mass is 344 g/mol. The van der Waals surface area contributed by atoms with E-state index in [2.05, 4.69) is 31.9 Å². The van der Waals surface area contributed by atoms with Crippen LogP contribution in [0.3, 0.4) is 0 Å². The first-order chi connectivity index (χ1) is 7.56. The molecule has 1 N–H and O–H groups in total. The molecule has 2 rings (SSSR count). The Kier molecular flexibility index (Phi) is 3.16. The molecular weight excluding hydrogens is 340 g/mol. The van der Waals surface area contributed by atoms with Gasteiger partial charge in [0.1, 0.15) is 5.76 Å². The van der Waals surface area contributed by atoms with E-state index in [1.165, 1.54) is 6.07 Å². The molecule has 0 aliphatic carbocycles. The lowest BCUT2D eigenvalue weighted by Crippen LogP contribution is -1.91. The second-order valence-electron chi connectivity index (χ2n) is 3.13. The number of benzene rings is 1. The number of rotatable bonds is 2. The third-order valence-electron chi connectivity index (χ3n) is 1.96. The molecule has 16 heavy (non-hydrogen) atoms. The summed E-state index contributed by atoms with van der Waals surface area (Å²) in [5.41, 5.74) is 0.814. The predicted octanol–water partition coefficient (Wildman–Crippen LogP) is 4.17. The Morgan fingerprint density at radius 1 is 1.12 bits per heavy atom. The summed E-state index contributed by atoms with van der Waals surface area (Å²) in [5.74, 6) is -0.606. The summed E-state index contributed by atoms with van der Waals surface area (Å²) in [4.78, 5) is 10.7. The van der Waals surface area contributed by atoms with Crippen LogP contribution in [0, 0.1) is 0 Å². The van der Waals surface area contributed by atoms with Crippen molar-refractivity contribution in [2.24, 2.45) is 0 Å². The quantitative estimate of drug-likeness (QED) is 0.888. The van der Waals surface area contributed by atoms with Gasteiger partial charge in [0.05, 0.1) is 0 Å². The SMILES string of the molecule is O=C(O)c1ccc(-c2cc(Br)cc(Br)c2)o1. The van der Waals surface area contributed by atoms with Crippen LogP contribution in [0.2, 0.25) is 0 Å². The van der Waals surface area contributed by atoms with Crippen molar-refractivity contribution >= 4 is 37.8 Å². The second kappa shape index (κ2) is 4.43.